The highest BCUT2D eigenvalue weighted by Crippen LogP contribution is 2.31. The number of amides is 1. The molecular formula is C24H25N5O2S. The molecule has 0 radical (unpaired) electrons. The van der Waals surface area contributed by atoms with E-state index in [1.165, 1.54) is 26.4 Å². The van der Waals surface area contributed by atoms with Crippen molar-refractivity contribution in [2.45, 2.75) is 50.6 Å². The Balaban J connectivity index is 1.62. The molecule has 7 nitrogen and oxygen atoms in total. The quantitative estimate of drug-likeness (QED) is 0.480. The number of aromatic nitrogens is 4. The lowest BCUT2D eigenvalue weighted by Crippen LogP contribution is -2.28. The highest BCUT2D eigenvalue weighted by Gasteiger charge is 2.17. The normalized spacial score (nSPS) is 11.1. The van der Waals surface area contributed by atoms with Gasteiger partial charge in [0.1, 0.15) is 11.6 Å². The average molecular weight is 448 g/mol. The second-order valence-corrected chi connectivity index (χ2v) is 8.78. The van der Waals surface area contributed by atoms with Crippen molar-refractivity contribution in [3.8, 4) is 0 Å². The van der Waals surface area contributed by atoms with Gasteiger partial charge >= 0.3 is 5.69 Å². The minimum absolute atomic E-state index is 0.178. The Morgan fingerprint density at radius 2 is 1.84 bits per heavy atom. The third-order valence-corrected chi connectivity index (χ3v) is 6.36. The zero-order valence-electron chi connectivity index (χ0n) is 18.5. The summed E-state index contributed by atoms with van der Waals surface area (Å²) in [7, 11) is 0. The molecule has 0 aliphatic heterocycles. The monoisotopic (exact) mass is 447 g/mol. The van der Waals surface area contributed by atoms with Gasteiger partial charge in [-0.05, 0) is 49.9 Å². The molecule has 0 bridgehead atoms. The minimum Gasteiger partial charge on any atom is -0.324 e. The van der Waals surface area contributed by atoms with Crippen LogP contribution in [0.5, 0.6) is 0 Å². The van der Waals surface area contributed by atoms with E-state index in [1.54, 1.807) is 12.4 Å². The minimum atomic E-state index is -0.375. The Morgan fingerprint density at radius 3 is 2.56 bits per heavy atom. The molecule has 0 fully saturated rings. The molecule has 164 valence electrons. The number of carbonyl (C=O) groups is 1. The molecule has 0 spiro atoms. The summed E-state index contributed by atoms with van der Waals surface area (Å²) in [4.78, 5) is 31.1. The summed E-state index contributed by atoms with van der Waals surface area (Å²) >= 11 is 1.47. The predicted molar refractivity (Wildman–Crippen MR) is 126 cm³/mol. The van der Waals surface area contributed by atoms with Gasteiger partial charge in [-0.3, -0.25) is 4.79 Å². The van der Waals surface area contributed by atoms with Crippen LogP contribution in [0.15, 0.2) is 63.5 Å². The number of hydrogen-bond acceptors (Lipinski definition) is 5. The van der Waals surface area contributed by atoms with Crippen molar-refractivity contribution in [2.24, 2.45) is 0 Å². The van der Waals surface area contributed by atoms with Crippen LogP contribution in [0.3, 0.4) is 0 Å². The third-order valence-electron chi connectivity index (χ3n) is 5.26. The molecule has 0 aliphatic rings. The molecule has 8 heteroatoms. The van der Waals surface area contributed by atoms with E-state index in [2.05, 4.69) is 28.4 Å². The summed E-state index contributed by atoms with van der Waals surface area (Å²) in [5.74, 6) is -0.302. The number of benzene rings is 2. The first-order valence-corrected chi connectivity index (χ1v) is 11.3. The van der Waals surface area contributed by atoms with Gasteiger partial charge in [0, 0.05) is 23.0 Å². The molecule has 2 aromatic carbocycles. The smallest absolute Gasteiger partial charge is 0.324 e. The highest BCUT2D eigenvalue weighted by atomic mass is 32.2. The summed E-state index contributed by atoms with van der Waals surface area (Å²) in [5.41, 5.74) is 5.13. The van der Waals surface area contributed by atoms with Crippen molar-refractivity contribution in [2.75, 3.05) is 5.32 Å². The summed E-state index contributed by atoms with van der Waals surface area (Å²) in [6, 6.07) is 12.1. The van der Waals surface area contributed by atoms with E-state index in [0.29, 0.717) is 10.7 Å². The van der Waals surface area contributed by atoms with Gasteiger partial charge in [-0.1, -0.05) is 54.6 Å². The zero-order chi connectivity index (χ0) is 22.8. The second-order valence-electron chi connectivity index (χ2n) is 7.75. The fraction of sp³-hybridized carbons (Fsp3) is 0.250. The van der Waals surface area contributed by atoms with Crippen LogP contribution in [0.2, 0.25) is 0 Å². The number of nitrogens with one attached hydrogen (secondary N) is 1. The van der Waals surface area contributed by atoms with Gasteiger partial charge in [-0.15, -0.1) is 5.10 Å². The van der Waals surface area contributed by atoms with Crippen LogP contribution in [-0.2, 0) is 17.8 Å². The molecule has 4 rings (SSSR count). The van der Waals surface area contributed by atoms with Crippen molar-refractivity contribution >= 4 is 29.0 Å². The number of anilines is 1. The van der Waals surface area contributed by atoms with Crippen LogP contribution in [0, 0.1) is 20.8 Å². The zero-order valence-corrected chi connectivity index (χ0v) is 19.4. The molecule has 1 N–H and O–H groups in total. The number of rotatable bonds is 6. The molecule has 0 aliphatic carbocycles. The van der Waals surface area contributed by atoms with Crippen LogP contribution in [0.4, 0.5) is 5.69 Å². The number of hydrogen-bond donors (Lipinski definition) is 1. The Kier molecular flexibility index (Phi) is 6.14. The fourth-order valence-electron chi connectivity index (χ4n) is 3.79. The Morgan fingerprint density at radius 1 is 1.12 bits per heavy atom. The van der Waals surface area contributed by atoms with E-state index >= 15 is 0 Å². The van der Waals surface area contributed by atoms with E-state index < -0.39 is 0 Å². The maximum absolute atomic E-state index is 12.9. The predicted octanol–water partition coefficient (Wildman–Crippen LogP) is 4.17. The van der Waals surface area contributed by atoms with E-state index in [4.69, 9.17) is 0 Å². The first-order valence-electron chi connectivity index (χ1n) is 10.4. The second kappa shape index (κ2) is 9.00. The topological polar surface area (TPSA) is 81.3 Å². The van der Waals surface area contributed by atoms with Gasteiger partial charge in [0.15, 0.2) is 5.65 Å². The maximum atomic E-state index is 12.9. The highest BCUT2D eigenvalue weighted by molar-refractivity contribution is 7.99. The Bertz CT molecular complexity index is 1350. The molecule has 0 saturated heterocycles. The number of aryl methyl sites for hydroxylation is 4. The van der Waals surface area contributed by atoms with Gasteiger partial charge in [0.2, 0.25) is 5.91 Å². The van der Waals surface area contributed by atoms with E-state index in [0.717, 1.165) is 33.7 Å². The first-order chi connectivity index (χ1) is 15.4. The van der Waals surface area contributed by atoms with Crippen LogP contribution in [0.1, 0.15) is 29.2 Å². The van der Waals surface area contributed by atoms with Gasteiger partial charge in [-0.2, -0.15) is 0 Å². The molecule has 2 heterocycles. The summed E-state index contributed by atoms with van der Waals surface area (Å²) in [6.07, 6.45) is 4.05. The summed E-state index contributed by atoms with van der Waals surface area (Å²) in [6.45, 7) is 7.85. The molecule has 4 aromatic rings. The lowest BCUT2D eigenvalue weighted by Gasteiger charge is -2.12. The largest absolute Gasteiger partial charge is 0.350 e. The van der Waals surface area contributed by atoms with E-state index in [9.17, 15) is 9.59 Å². The Hall–Kier alpha value is -3.39. The van der Waals surface area contributed by atoms with Crippen molar-refractivity contribution in [1.82, 2.24) is 19.2 Å². The molecule has 0 saturated carbocycles. The van der Waals surface area contributed by atoms with Gasteiger partial charge < -0.3 is 5.32 Å². The number of carbonyl (C=O) groups excluding carboxylic acids is 1. The third kappa shape index (κ3) is 4.31. The SMILES string of the molecule is CCc1ccccc1Sc1nccn2c(=O)n(CC(=O)Nc3c(C)cc(C)cc3C)nc12. The van der Waals surface area contributed by atoms with Gasteiger partial charge in [-0.25, -0.2) is 18.9 Å². The fourth-order valence-corrected chi connectivity index (χ4v) is 4.84. The van der Waals surface area contributed by atoms with Gasteiger partial charge in [0.05, 0.1) is 0 Å². The standard InChI is InChI=1S/C24H25N5O2S/c1-5-18-8-6-7-9-19(18)32-23-22-27-29(24(31)28(22)11-10-25-23)14-20(30)26-21-16(3)12-15(2)13-17(21)4/h6-13H,5,14H2,1-4H3,(H,26,30). The lowest BCUT2D eigenvalue weighted by atomic mass is 10.1. The van der Waals surface area contributed by atoms with Crippen LogP contribution < -0.4 is 11.0 Å². The van der Waals surface area contributed by atoms with E-state index in [1.807, 2.05) is 51.1 Å². The molecule has 2 aromatic heterocycles. The van der Waals surface area contributed by atoms with Crippen molar-refractivity contribution in [3.63, 3.8) is 0 Å². The average Bonchev–Trinajstić information content (AvgIpc) is 3.07. The molecule has 0 atom stereocenters. The molecule has 0 unspecified atom stereocenters. The molecule has 1 amide bonds. The van der Waals surface area contributed by atoms with E-state index in [-0.39, 0.29) is 18.1 Å². The van der Waals surface area contributed by atoms with Crippen LogP contribution >= 0.6 is 11.8 Å². The summed E-state index contributed by atoms with van der Waals surface area (Å²) < 4.78 is 2.61. The van der Waals surface area contributed by atoms with Crippen molar-refractivity contribution in [1.29, 1.82) is 0 Å². The number of nitrogens with zero attached hydrogens (tertiary/aromatic N) is 4. The first kappa shape index (κ1) is 21.8. The Labute approximate surface area is 190 Å². The molecular weight excluding hydrogens is 422 g/mol. The van der Waals surface area contributed by atoms with Crippen molar-refractivity contribution < 1.29 is 4.79 Å². The van der Waals surface area contributed by atoms with Crippen molar-refractivity contribution in [3.05, 3.63) is 81.5 Å². The van der Waals surface area contributed by atoms with Crippen LogP contribution in [-0.4, -0.2) is 25.1 Å². The lowest BCUT2D eigenvalue weighted by molar-refractivity contribution is -0.117. The molecule has 32 heavy (non-hydrogen) atoms. The van der Waals surface area contributed by atoms with Gasteiger partial charge in [0.25, 0.3) is 0 Å². The maximum Gasteiger partial charge on any atom is 0.350 e. The summed E-state index contributed by atoms with van der Waals surface area (Å²) in [5, 5.41) is 7.97. The van der Waals surface area contributed by atoms with Crippen LogP contribution in [0.25, 0.3) is 5.65 Å². The number of fused-ring (bicyclic) bond motifs is 1.